The maximum atomic E-state index is 13.3. The van der Waals surface area contributed by atoms with Crippen LogP contribution in [0.4, 0.5) is 5.69 Å². The predicted octanol–water partition coefficient (Wildman–Crippen LogP) is 5.66. The van der Waals surface area contributed by atoms with Crippen LogP contribution in [0.15, 0.2) is 60.2 Å². The number of aryl methyl sites for hydroxylation is 1. The molecule has 172 valence electrons. The first-order valence-electron chi connectivity index (χ1n) is 11.4. The molecule has 1 aliphatic carbocycles. The number of rotatable bonds is 6. The summed E-state index contributed by atoms with van der Waals surface area (Å²) in [6, 6.07) is 18.5. The minimum absolute atomic E-state index is 0.0360. The topological polar surface area (TPSA) is 56.8 Å². The molecule has 34 heavy (non-hydrogen) atoms. The molecule has 5 nitrogen and oxygen atoms in total. The molecule has 0 saturated carbocycles. The lowest BCUT2D eigenvalue weighted by Gasteiger charge is -2.23. The van der Waals surface area contributed by atoms with Crippen molar-refractivity contribution in [3.63, 3.8) is 0 Å². The van der Waals surface area contributed by atoms with Crippen molar-refractivity contribution in [2.45, 2.75) is 24.7 Å². The maximum absolute atomic E-state index is 13.3. The van der Waals surface area contributed by atoms with Crippen molar-refractivity contribution in [2.75, 3.05) is 25.1 Å². The van der Waals surface area contributed by atoms with Gasteiger partial charge in [0.25, 0.3) is 0 Å². The first-order valence-corrected chi connectivity index (χ1v) is 12.0. The average molecular weight is 474 g/mol. The molecule has 0 bridgehead atoms. The number of allylic oxidation sites excluding steroid dienone is 1. The van der Waals surface area contributed by atoms with Crippen LogP contribution in [0.1, 0.15) is 39.7 Å². The Balaban J connectivity index is 1.42. The van der Waals surface area contributed by atoms with Crippen molar-refractivity contribution in [2.24, 2.45) is 0 Å². The van der Waals surface area contributed by atoms with Gasteiger partial charge in [-0.15, -0.1) is 11.6 Å². The number of benzene rings is 3. The van der Waals surface area contributed by atoms with Crippen molar-refractivity contribution >= 4 is 29.3 Å². The van der Waals surface area contributed by atoms with Gasteiger partial charge in [-0.1, -0.05) is 48.0 Å². The highest BCUT2D eigenvalue weighted by Crippen LogP contribution is 2.51. The molecule has 1 N–H and O–H groups in total. The van der Waals surface area contributed by atoms with Crippen molar-refractivity contribution in [3.8, 4) is 17.2 Å². The van der Waals surface area contributed by atoms with Crippen molar-refractivity contribution in [1.82, 2.24) is 0 Å². The van der Waals surface area contributed by atoms with Crippen molar-refractivity contribution in [1.29, 1.82) is 0 Å². The Morgan fingerprint density at radius 3 is 2.76 bits per heavy atom. The van der Waals surface area contributed by atoms with E-state index in [2.05, 4.69) is 29.6 Å². The van der Waals surface area contributed by atoms with Crippen molar-refractivity contribution < 1.29 is 19.0 Å². The van der Waals surface area contributed by atoms with Gasteiger partial charge >= 0.3 is 0 Å². The molecule has 1 amide bonds. The molecule has 0 fully saturated rings. The van der Waals surface area contributed by atoms with Crippen LogP contribution in [-0.4, -0.2) is 25.7 Å². The zero-order chi connectivity index (χ0) is 23.2. The molecule has 2 unspecified atom stereocenters. The molecule has 0 radical (unpaired) electrons. The Kier molecular flexibility index (Phi) is 5.22. The van der Waals surface area contributed by atoms with Gasteiger partial charge in [0.1, 0.15) is 0 Å². The largest absolute Gasteiger partial charge is 0.493 e. The van der Waals surface area contributed by atoms with Gasteiger partial charge in [-0.05, 0) is 58.9 Å². The van der Waals surface area contributed by atoms with Gasteiger partial charge in [0.2, 0.25) is 18.4 Å². The number of fused-ring (bicyclic) bond motifs is 3. The summed E-state index contributed by atoms with van der Waals surface area (Å²) in [7, 11) is 1.63. The molecule has 3 aliphatic rings. The van der Waals surface area contributed by atoms with Crippen LogP contribution in [-0.2, 0) is 17.6 Å². The van der Waals surface area contributed by atoms with Gasteiger partial charge in [0.05, 0.1) is 13.0 Å². The zero-order valence-corrected chi connectivity index (χ0v) is 19.5. The van der Waals surface area contributed by atoms with E-state index in [1.807, 2.05) is 36.4 Å². The van der Waals surface area contributed by atoms with E-state index in [4.69, 9.17) is 25.8 Å². The number of carbonyl (C=O) groups is 1. The fourth-order valence-corrected chi connectivity index (χ4v) is 5.64. The fraction of sp³-hybridized carbons (Fsp3) is 0.250. The first kappa shape index (κ1) is 21.1. The van der Waals surface area contributed by atoms with E-state index in [-0.39, 0.29) is 24.5 Å². The van der Waals surface area contributed by atoms with E-state index in [0.717, 1.165) is 34.4 Å². The lowest BCUT2D eigenvalue weighted by molar-refractivity contribution is -0.117. The summed E-state index contributed by atoms with van der Waals surface area (Å²) < 4.78 is 16.7. The number of hydrogen-bond donors (Lipinski definition) is 1. The van der Waals surface area contributed by atoms with Crippen LogP contribution < -0.4 is 19.5 Å². The molecule has 0 spiro atoms. The number of carbonyl (C=O) groups excluding carboxylic acids is 1. The first-order chi connectivity index (χ1) is 16.7. The number of ether oxygens (including phenoxy) is 3. The van der Waals surface area contributed by atoms with Crippen LogP contribution in [0.2, 0.25) is 0 Å². The Labute approximate surface area is 203 Å². The second-order valence-electron chi connectivity index (χ2n) is 8.86. The summed E-state index contributed by atoms with van der Waals surface area (Å²) in [6.45, 7) is 0.190. The van der Waals surface area contributed by atoms with Crippen LogP contribution in [0.5, 0.6) is 17.2 Å². The second kappa shape index (κ2) is 8.41. The number of amides is 1. The number of nitrogens with one attached hydrogen (secondary N) is 1. The quantitative estimate of drug-likeness (QED) is 0.469. The summed E-state index contributed by atoms with van der Waals surface area (Å²) in [5, 5.41) is 3.11. The third kappa shape index (κ3) is 3.43. The lowest BCUT2D eigenvalue weighted by atomic mass is 9.78. The molecule has 0 aromatic heterocycles. The van der Waals surface area contributed by atoms with E-state index in [1.54, 1.807) is 7.11 Å². The van der Waals surface area contributed by atoms with E-state index in [0.29, 0.717) is 29.5 Å². The molecular formula is C28H24ClNO4. The summed E-state index contributed by atoms with van der Waals surface area (Å²) in [6.07, 6.45) is 3.68. The Morgan fingerprint density at radius 1 is 1.03 bits per heavy atom. The zero-order valence-electron chi connectivity index (χ0n) is 18.8. The number of hydrogen-bond acceptors (Lipinski definition) is 4. The maximum Gasteiger partial charge on any atom is 0.232 e. The molecule has 6 heteroatoms. The van der Waals surface area contributed by atoms with Gasteiger partial charge in [-0.2, -0.15) is 0 Å². The molecule has 3 aromatic rings. The van der Waals surface area contributed by atoms with Gasteiger partial charge in [0.15, 0.2) is 11.5 Å². The summed E-state index contributed by atoms with van der Waals surface area (Å²) in [4.78, 5) is 13.3. The van der Waals surface area contributed by atoms with Crippen LogP contribution in [0, 0.1) is 0 Å². The SMILES string of the molecule is COc1cc(CC2=Cc3ccccc3C2C2C(=O)Nc3ccc(CCCl)cc32)cc2c1OCO2. The standard InChI is InChI=1S/C28H24ClNO4/c1-32-23-12-17(13-24-27(23)34-15-33-24)10-19-14-18-4-2-3-5-20(18)25(19)26-21-11-16(8-9-29)6-7-22(21)30-28(26)31/h2-7,11-14,25-26H,8-10,15H2,1H3,(H,30,31). The molecule has 6 rings (SSSR count). The van der Waals surface area contributed by atoms with Gasteiger partial charge in [0, 0.05) is 17.5 Å². The monoisotopic (exact) mass is 473 g/mol. The summed E-state index contributed by atoms with van der Waals surface area (Å²) >= 11 is 6.00. The van der Waals surface area contributed by atoms with E-state index < -0.39 is 0 Å². The van der Waals surface area contributed by atoms with Crippen LogP contribution >= 0.6 is 11.6 Å². The number of halogens is 1. The van der Waals surface area contributed by atoms with Crippen LogP contribution in [0.25, 0.3) is 6.08 Å². The van der Waals surface area contributed by atoms with E-state index >= 15 is 0 Å². The third-order valence-electron chi connectivity index (χ3n) is 6.91. The van der Waals surface area contributed by atoms with Gasteiger partial charge in [-0.3, -0.25) is 4.79 Å². The third-order valence-corrected chi connectivity index (χ3v) is 7.09. The molecule has 2 atom stereocenters. The Hall–Kier alpha value is -3.44. The fourth-order valence-electron chi connectivity index (χ4n) is 5.42. The lowest BCUT2D eigenvalue weighted by Crippen LogP contribution is -2.20. The highest BCUT2D eigenvalue weighted by atomic mass is 35.5. The molecule has 2 heterocycles. The van der Waals surface area contributed by atoms with E-state index in [1.165, 1.54) is 11.1 Å². The predicted molar refractivity (Wildman–Crippen MR) is 132 cm³/mol. The summed E-state index contributed by atoms with van der Waals surface area (Å²) in [5.74, 6) is 2.23. The molecular weight excluding hydrogens is 450 g/mol. The van der Waals surface area contributed by atoms with Gasteiger partial charge in [-0.25, -0.2) is 0 Å². The summed E-state index contributed by atoms with van der Waals surface area (Å²) in [5.41, 5.74) is 7.67. The molecule has 0 saturated heterocycles. The number of alkyl halides is 1. The normalized spacial score (nSPS) is 19.5. The van der Waals surface area contributed by atoms with E-state index in [9.17, 15) is 4.79 Å². The Morgan fingerprint density at radius 2 is 1.91 bits per heavy atom. The van der Waals surface area contributed by atoms with Gasteiger partial charge < -0.3 is 19.5 Å². The Bertz CT molecular complexity index is 1330. The average Bonchev–Trinajstić information content (AvgIpc) is 3.53. The second-order valence-corrected chi connectivity index (χ2v) is 9.24. The highest BCUT2D eigenvalue weighted by molar-refractivity contribution is 6.18. The molecule has 2 aliphatic heterocycles. The molecule has 3 aromatic carbocycles. The number of anilines is 1. The van der Waals surface area contributed by atoms with Crippen molar-refractivity contribution in [3.05, 3.63) is 88.0 Å². The van der Waals surface area contributed by atoms with Crippen LogP contribution in [0.3, 0.4) is 0 Å². The highest BCUT2D eigenvalue weighted by Gasteiger charge is 2.42. The minimum Gasteiger partial charge on any atom is -0.493 e. The smallest absolute Gasteiger partial charge is 0.232 e. The number of methoxy groups -OCH3 is 1. The minimum atomic E-state index is -0.295.